The van der Waals surface area contributed by atoms with Crippen molar-refractivity contribution in [3.63, 3.8) is 0 Å². The molecule has 0 aliphatic carbocycles. The Hall–Kier alpha value is -0.910. The number of quaternary nitrogens is 1. The van der Waals surface area contributed by atoms with Crippen LogP contribution in [0.2, 0.25) is 0 Å². The second-order valence-electron chi connectivity index (χ2n) is 5.61. The number of likely N-dealkylation sites (N-methyl/N-ethyl adjacent to an activating group) is 1. The molecule has 0 heterocycles. The molecule has 0 amide bonds. The number of hydrogen-bond acceptors (Lipinski definition) is 4. The molecule has 1 aromatic carbocycles. The monoisotopic (exact) mass is 288 g/mol. The summed E-state index contributed by atoms with van der Waals surface area (Å²) in [5.41, 5.74) is 7.14. The van der Waals surface area contributed by atoms with Crippen LogP contribution in [0, 0.1) is 0 Å². The van der Waals surface area contributed by atoms with Gasteiger partial charge in [0.25, 0.3) is 7.82 Å². The Morgan fingerprint density at radius 2 is 1.89 bits per heavy atom. The Morgan fingerprint density at radius 1 is 1.37 bits per heavy atom. The summed E-state index contributed by atoms with van der Waals surface area (Å²) < 4.78 is 16.2. The quantitative estimate of drug-likeness (QED) is 0.448. The number of phosphoric ester groups is 1. The third kappa shape index (κ3) is 7.30. The van der Waals surface area contributed by atoms with Crippen LogP contribution in [0.5, 0.6) is 0 Å². The van der Waals surface area contributed by atoms with Gasteiger partial charge in [-0.1, -0.05) is 12.1 Å². The van der Waals surface area contributed by atoms with E-state index in [1.165, 1.54) is 0 Å². The zero-order valence-corrected chi connectivity index (χ0v) is 12.3. The molecule has 7 heteroatoms. The second kappa shape index (κ2) is 6.03. The smallest absolute Gasteiger partial charge is 0.265 e. The zero-order valence-electron chi connectivity index (χ0n) is 11.4. The average Bonchev–Trinajstić information content (AvgIpc) is 2.16. The average molecular weight is 288 g/mol. The van der Waals surface area contributed by atoms with E-state index in [9.17, 15) is 9.46 Å². The highest BCUT2D eigenvalue weighted by molar-refractivity contribution is 7.44. The molecule has 0 spiro atoms. The van der Waals surface area contributed by atoms with Gasteiger partial charge in [-0.3, -0.25) is 4.57 Å². The molecular weight excluding hydrogens is 267 g/mol. The number of anilines is 1. The van der Waals surface area contributed by atoms with Crippen molar-refractivity contribution >= 4 is 13.5 Å². The SMILES string of the molecule is C[N+](C)(C)CC(Cc1ccc(N)cc1)OP(=O)([O-])O. The molecule has 6 nitrogen and oxygen atoms in total. The van der Waals surface area contributed by atoms with E-state index in [0.29, 0.717) is 23.1 Å². The van der Waals surface area contributed by atoms with Crippen LogP contribution in [0.1, 0.15) is 5.56 Å². The van der Waals surface area contributed by atoms with Crippen LogP contribution in [-0.2, 0) is 15.5 Å². The molecule has 0 radical (unpaired) electrons. The molecule has 0 aromatic heterocycles. The molecule has 1 aromatic rings. The van der Waals surface area contributed by atoms with Crippen LogP contribution in [0.15, 0.2) is 24.3 Å². The first kappa shape index (κ1) is 16.1. The first-order valence-electron chi connectivity index (χ1n) is 5.92. The Balaban J connectivity index is 2.79. The lowest BCUT2D eigenvalue weighted by Gasteiger charge is -2.31. The van der Waals surface area contributed by atoms with Crippen molar-refractivity contribution in [3.8, 4) is 0 Å². The fourth-order valence-corrected chi connectivity index (χ4v) is 2.37. The number of rotatable bonds is 6. The molecule has 2 unspecified atom stereocenters. The summed E-state index contributed by atoms with van der Waals surface area (Å²) in [6.07, 6.45) is -0.222. The topological polar surface area (TPSA) is 95.6 Å². The number of nitrogen functional groups attached to an aromatic ring is 1. The maximum Gasteiger partial charge on any atom is 0.265 e. The minimum absolute atomic E-state index is 0.391. The standard InChI is InChI=1S/C12H21N2O4P/c1-14(2,3)9-12(18-19(15,16)17)8-10-4-6-11(13)7-5-10/h4-7,12H,8-9,13H2,1-3H3,(H-,15,16,17). The number of hydrogen-bond donors (Lipinski definition) is 2. The van der Waals surface area contributed by atoms with Crippen LogP contribution in [0.25, 0.3) is 0 Å². The fourth-order valence-electron chi connectivity index (χ4n) is 1.85. The molecule has 19 heavy (non-hydrogen) atoms. The van der Waals surface area contributed by atoms with E-state index < -0.39 is 13.9 Å². The molecule has 0 bridgehead atoms. The molecule has 2 atom stereocenters. The summed E-state index contributed by atoms with van der Waals surface area (Å²) in [6.45, 7) is 0.456. The van der Waals surface area contributed by atoms with E-state index >= 15 is 0 Å². The van der Waals surface area contributed by atoms with Gasteiger partial charge in [0.05, 0.1) is 21.1 Å². The number of nitrogens with two attached hydrogens (primary N) is 1. The largest absolute Gasteiger partial charge is 0.756 e. The fraction of sp³-hybridized carbons (Fsp3) is 0.500. The number of nitrogens with zero attached hydrogens (tertiary/aromatic N) is 1. The van der Waals surface area contributed by atoms with Gasteiger partial charge in [0.15, 0.2) is 0 Å². The van der Waals surface area contributed by atoms with Gasteiger partial charge >= 0.3 is 0 Å². The molecule has 0 aliphatic heterocycles. The van der Waals surface area contributed by atoms with Crippen molar-refractivity contribution in [1.82, 2.24) is 0 Å². The van der Waals surface area contributed by atoms with Gasteiger partial charge in [-0.2, -0.15) is 0 Å². The number of benzene rings is 1. The lowest BCUT2D eigenvalue weighted by atomic mass is 10.1. The van der Waals surface area contributed by atoms with Crippen molar-refractivity contribution in [2.24, 2.45) is 0 Å². The van der Waals surface area contributed by atoms with Gasteiger partial charge < -0.3 is 24.5 Å². The molecule has 1 rings (SSSR count). The summed E-state index contributed by atoms with van der Waals surface area (Å²) >= 11 is 0. The van der Waals surface area contributed by atoms with Crippen LogP contribution < -0.4 is 10.6 Å². The zero-order chi connectivity index (χ0) is 14.7. The summed E-state index contributed by atoms with van der Waals surface area (Å²) in [4.78, 5) is 19.8. The Kier molecular flexibility index (Phi) is 5.12. The number of phosphoric acid groups is 1. The maximum atomic E-state index is 10.9. The normalized spacial score (nSPS) is 16.9. The van der Waals surface area contributed by atoms with E-state index in [0.717, 1.165) is 5.56 Å². The van der Waals surface area contributed by atoms with Gasteiger partial charge in [0.2, 0.25) is 0 Å². The van der Waals surface area contributed by atoms with Crippen molar-refractivity contribution in [1.29, 1.82) is 0 Å². The lowest BCUT2D eigenvalue weighted by molar-refractivity contribution is -0.873. The van der Waals surface area contributed by atoms with E-state index in [2.05, 4.69) is 0 Å². The Morgan fingerprint density at radius 3 is 2.32 bits per heavy atom. The van der Waals surface area contributed by atoms with Gasteiger partial charge in [0.1, 0.15) is 12.6 Å². The molecule has 108 valence electrons. The van der Waals surface area contributed by atoms with E-state index in [1.807, 2.05) is 33.3 Å². The third-order valence-corrected chi connectivity index (χ3v) is 3.04. The summed E-state index contributed by atoms with van der Waals surface area (Å²) in [7, 11) is 1.03. The van der Waals surface area contributed by atoms with Crippen molar-refractivity contribution in [3.05, 3.63) is 29.8 Å². The predicted molar refractivity (Wildman–Crippen MR) is 72.2 cm³/mol. The highest BCUT2D eigenvalue weighted by atomic mass is 31.2. The third-order valence-electron chi connectivity index (χ3n) is 2.48. The van der Waals surface area contributed by atoms with E-state index in [1.54, 1.807) is 12.1 Å². The van der Waals surface area contributed by atoms with Crippen LogP contribution in [0.3, 0.4) is 0 Å². The van der Waals surface area contributed by atoms with Crippen molar-refractivity contribution in [2.45, 2.75) is 12.5 Å². The van der Waals surface area contributed by atoms with Crippen LogP contribution >= 0.6 is 7.82 Å². The molecule has 0 fully saturated rings. The molecule has 0 aliphatic rings. The van der Waals surface area contributed by atoms with Gasteiger partial charge in [0, 0.05) is 12.1 Å². The highest BCUT2D eigenvalue weighted by Crippen LogP contribution is 2.33. The maximum absolute atomic E-state index is 10.9. The van der Waals surface area contributed by atoms with Gasteiger partial charge in [-0.15, -0.1) is 0 Å². The first-order chi connectivity index (χ1) is 8.55. The molecule has 3 N–H and O–H groups in total. The predicted octanol–water partition coefficient (Wildman–Crippen LogP) is 0.363. The molecule has 0 saturated heterocycles. The minimum Gasteiger partial charge on any atom is -0.756 e. The molecular formula is C12H21N2O4P. The Bertz CT molecular complexity index is 450. The second-order valence-corrected chi connectivity index (χ2v) is 6.76. The summed E-state index contributed by atoms with van der Waals surface area (Å²) in [6, 6.07) is 7.12. The summed E-state index contributed by atoms with van der Waals surface area (Å²) in [5, 5.41) is 0. The Labute approximate surface area is 113 Å². The first-order valence-corrected chi connectivity index (χ1v) is 7.42. The molecule has 0 saturated carbocycles. The van der Waals surface area contributed by atoms with Crippen LogP contribution in [0.4, 0.5) is 5.69 Å². The van der Waals surface area contributed by atoms with Crippen molar-refractivity contribution in [2.75, 3.05) is 33.4 Å². The minimum atomic E-state index is -4.74. The van der Waals surface area contributed by atoms with Crippen molar-refractivity contribution < 1.29 is 23.4 Å². The van der Waals surface area contributed by atoms with Gasteiger partial charge in [-0.25, -0.2) is 0 Å². The summed E-state index contributed by atoms with van der Waals surface area (Å²) in [5.74, 6) is 0. The lowest BCUT2D eigenvalue weighted by Crippen LogP contribution is -2.43. The van der Waals surface area contributed by atoms with E-state index in [4.69, 9.17) is 15.2 Å². The van der Waals surface area contributed by atoms with E-state index in [-0.39, 0.29) is 0 Å². The van der Waals surface area contributed by atoms with Gasteiger partial charge in [-0.05, 0) is 17.7 Å². The highest BCUT2D eigenvalue weighted by Gasteiger charge is 2.22. The van der Waals surface area contributed by atoms with Crippen LogP contribution in [-0.4, -0.2) is 43.2 Å².